The Labute approximate surface area is 203 Å². The highest BCUT2D eigenvalue weighted by Crippen LogP contribution is 2.27. The molecule has 0 aliphatic rings. The molecular weight excluding hydrogens is 475 g/mol. The lowest BCUT2D eigenvalue weighted by atomic mass is 10.1. The summed E-state index contributed by atoms with van der Waals surface area (Å²) in [6.07, 6.45) is 1.87. The van der Waals surface area contributed by atoms with Gasteiger partial charge < -0.3 is 10.2 Å². The molecule has 0 aromatic heterocycles. The van der Waals surface area contributed by atoms with E-state index >= 15 is 0 Å². The first-order valence-corrected chi connectivity index (χ1v) is 12.4. The number of benzene rings is 2. The Balaban J connectivity index is 2.10. The first kappa shape index (κ1) is 25.9. The van der Waals surface area contributed by atoms with E-state index in [1.54, 1.807) is 30.0 Å². The summed E-state index contributed by atoms with van der Waals surface area (Å²) in [7, 11) is 0. The van der Waals surface area contributed by atoms with Gasteiger partial charge in [-0.1, -0.05) is 66.3 Å². The number of amides is 2. The second kappa shape index (κ2) is 13.2. The lowest BCUT2D eigenvalue weighted by Crippen LogP contribution is -2.48. The van der Waals surface area contributed by atoms with E-state index in [2.05, 4.69) is 12.2 Å². The van der Waals surface area contributed by atoms with Crippen molar-refractivity contribution in [3.63, 3.8) is 0 Å². The molecule has 2 rings (SSSR count). The number of thioether (sulfide) groups is 1. The number of unbranched alkanes of at least 4 members (excludes halogenated alkanes) is 1. The number of nitrogens with one attached hydrogen (secondary N) is 1. The Morgan fingerprint density at radius 2 is 1.71 bits per heavy atom. The largest absolute Gasteiger partial charge is 0.354 e. The Morgan fingerprint density at radius 3 is 2.32 bits per heavy atom. The molecule has 0 spiro atoms. The van der Waals surface area contributed by atoms with E-state index in [1.165, 1.54) is 11.8 Å². The summed E-state index contributed by atoms with van der Waals surface area (Å²) in [5.74, 6) is 0.568. The minimum Gasteiger partial charge on any atom is -0.354 e. The molecule has 2 aromatic carbocycles. The van der Waals surface area contributed by atoms with Gasteiger partial charge >= 0.3 is 0 Å². The average molecular weight is 502 g/mol. The summed E-state index contributed by atoms with van der Waals surface area (Å²) in [5, 5.41) is 4.52. The van der Waals surface area contributed by atoms with Gasteiger partial charge in [0.2, 0.25) is 11.8 Å². The predicted molar refractivity (Wildman–Crippen MR) is 132 cm³/mol. The van der Waals surface area contributed by atoms with Crippen molar-refractivity contribution in [1.29, 1.82) is 0 Å². The standard InChI is InChI=1S/C23H27Cl3N2O2S/c1-3-4-12-27-23(30)16(2)28(13-19-20(25)6-5-7-21(19)26)22(29)15-31-14-17-8-10-18(24)11-9-17/h5-11,16H,3-4,12-15H2,1-2H3,(H,27,30). The summed E-state index contributed by atoms with van der Waals surface area (Å²) in [4.78, 5) is 27.3. The molecule has 0 bridgehead atoms. The van der Waals surface area contributed by atoms with Crippen molar-refractivity contribution in [2.75, 3.05) is 12.3 Å². The van der Waals surface area contributed by atoms with Gasteiger partial charge in [-0.2, -0.15) is 0 Å². The van der Waals surface area contributed by atoms with Gasteiger partial charge in [-0.3, -0.25) is 9.59 Å². The van der Waals surface area contributed by atoms with E-state index in [1.807, 2.05) is 24.3 Å². The Bertz CT molecular complexity index is 857. The smallest absolute Gasteiger partial charge is 0.242 e. The number of carbonyl (C=O) groups is 2. The third kappa shape index (κ3) is 8.23. The molecule has 1 atom stereocenters. The number of hydrogen-bond acceptors (Lipinski definition) is 3. The van der Waals surface area contributed by atoms with Gasteiger partial charge in [-0.25, -0.2) is 0 Å². The fraction of sp³-hybridized carbons (Fsp3) is 0.391. The number of halogens is 3. The first-order chi connectivity index (χ1) is 14.8. The zero-order valence-electron chi connectivity index (χ0n) is 17.7. The third-order valence-corrected chi connectivity index (χ3v) is 6.74. The minimum atomic E-state index is -0.646. The monoisotopic (exact) mass is 500 g/mol. The Hall–Kier alpha value is -1.40. The second-order valence-corrected chi connectivity index (χ2v) is 9.40. The van der Waals surface area contributed by atoms with E-state index in [0.717, 1.165) is 18.4 Å². The number of nitrogens with zero attached hydrogens (tertiary/aromatic N) is 1. The zero-order valence-corrected chi connectivity index (χ0v) is 20.8. The van der Waals surface area contributed by atoms with Crippen molar-refractivity contribution in [3.8, 4) is 0 Å². The molecule has 0 radical (unpaired) electrons. The van der Waals surface area contributed by atoms with Crippen molar-refractivity contribution in [2.45, 2.75) is 45.0 Å². The number of carbonyl (C=O) groups excluding carboxylic acids is 2. The third-order valence-electron chi connectivity index (χ3n) is 4.79. The van der Waals surface area contributed by atoms with Crippen LogP contribution in [0.15, 0.2) is 42.5 Å². The van der Waals surface area contributed by atoms with Crippen LogP contribution >= 0.6 is 46.6 Å². The molecule has 0 saturated heterocycles. The highest BCUT2D eigenvalue weighted by molar-refractivity contribution is 7.99. The molecule has 8 heteroatoms. The van der Waals surface area contributed by atoms with Crippen molar-refractivity contribution >= 4 is 58.4 Å². The van der Waals surface area contributed by atoms with Gasteiger partial charge in [0.25, 0.3) is 0 Å². The van der Waals surface area contributed by atoms with Crippen LogP contribution in [0, 0.1) is 0 Å². The Morgan fingerprint density at radius 1 is 1.06 bits per heavy atom. The topological polar surface area (TPSA) is 49.4 Å². The normalized spacial score (nSPS) is 11.8. The summed E-state index contributed by atoms with van der Waals surface area (Å²) in [6, 6.07) is 12.1. The molecule has 1 N–H and O–H groups in total. The van der Waals surface area contributed by atoms with Crippen LogP contribution in [-0.4, -0.2) is 35.1 Å². The maximum atomic E-state index is 13.1. The molecule has 2 aromatic rings. The van der Waals surface area contributed by atoms with Crippen LogP contribution in [0.5, 0.6) is 0 Å². The van der Waals surface area contributed by atoms with Gasteiger partial charge in [0.1, 0.15) is 6.04 Å². The number of rotatable bonds is 11. The zero-order chi connectivity index (χ0) is 22.8. The van der Waals surface area contributed by atoms with Crippen LogP contribution in [0.4, 0.5) is 0 Å². The van der Waals surface area contributed by atoms with Gasteiger partial charge in [-0.05, 0) is 43.2 Å². The van der Waals surface area contributed by atoms with Crippen LogP contribution in [0.3, 0.4) is 0 Å². The van der Waals surface area contributed by atoms with Gasteiger partial charge in [0, 0.05) is 39.5 Å². The maximum absolute atomic E-state index is 13.1. The van der Waals surface area contributed by atoms with Gasteiger partial charge in [-0.15, -0.1) is 11.8 Å². The summed E-state index contributed by atoms with van der Waals surface area (Å²) >= 11 is 20.1. The fourth-order valence-electron chi connectivity index (χ4n) is 2.89. The molecule has 0 aliphatic carbocycles. The molecular formula is C23H27Cl3N2O2S. The molecule has 31 heavy (non-hydrogen) atoms. The summed E-state index contributed by atoms with van der Waals surface area (Å²) in [6.45, 7) is 4.54. The number of hydrogen-bond donors (Lipinski definition) is 1. The lowest BCUT2D eigenvalue weighted by Gasteiger charge is -2.29. The van der Waals surface area contributed by atoms with Crippen LogP contribution in [0.25, 0.3) is 0 Å². The quantitative estimate of drug-likeness (QED) is 0.372. The molecule has 2 amide bonds. The van der Waals surface area contributed by atoms with Crippen LogP contribution in [0.2, 0.25) is 15.1 Å². The maximum Gasteiger partial charge on any atom is 0.242 e. The second-order valence-electron chi connectivity index (χ2n) is 7.16. The van der Waals surface area contributed by atoms with Crippen molar-refractivity contribution in [1.82, 2.24) is 10.2 Å². The van der Waals surface area contributed by atoms with Crippen molar-refractivity contribution < 1.29 is 9.59 Å². The van der Waals surface area contributed by atoms with E-state index in [9.17, 15) is 9.59 Å². The van der Waals surface area contributed by atoms with Gasteiger partial charge in [0.05, 0.1) is 5.75 Å². The molecule has 0 heterocycles. The predicted octanol–water partition coefficient (Wildman–Crippen LogP) is 6.21. The van der Waals surface area contributed by atoms with E-state index in [0.29, 0.717) is 32.9 Å². The van der Waals surface area contributed by atoms with Crippen LogP contribution in [0.1, 0.15) is 37.8 Å². The molecule has 1 unspecified atom stereocenters. The molecule has 0 fully saturated rings. The fourth-order valence-corrected chi connectivity index (χ4v) is 4.41. The molecule has 0 saturated carbocycles. The average Bonchev–Trinajstić information content (AvgIpc) is 2.74. The van der Waals surface area contributed by atoms with E-state index in [4.69, 9.17) is 34.8 Å². The highest BCUT2D eigenvalue weighted by Gasteiger charge is 2.27. The van der Waals surface area contributed by atoms with E-state index < -0.39 is 6.04 Å². The van der Waals surface area contributed by atoms with Crippen molar-refractivity contribution in [3.05, 3.63) is 68.7 Å². The SMILES string of the molecule is CCCCNC(=O)C(C)N(Cc1c(Cl)cccc1Cl)C(=O)CSCc1ccc(Cl)cc1. The summed E-state index contributed by atoms with van der Waals surface area (Å²) < 4.78 is 0. The summed E-state index contributed by atoms with van der Waals surface area (Å²) in [5.41, 5.74) is 1.71. The van der Waals surface area contributed by atoms with Crippen LogP contribution < -0.4 is 5.32 Å². The minimum absolute atomic E-state index is 0.145. The molecule has 168 valence electrons. The highest BCUT2D eigenvalue weighted by atomic mass is 35.5. The van der Waals surface area contributed by atoms with Gasteiger partial charge in [0.15, 0.2) is 0 Å². The molecule has 0 aliphatic heterocycles. The Kier molecular flexibility index (Phi) is 11.0. The van der Waals surface area contributed by atoms with E-state index in [-0.39, 0.29) is 24.1 Å². The van der Waals surface area contributed by atoms with Crippen molar-refractivity contribution in [2.24, 2.45) is 0 Å². The first-order valence-electron chi connectivity index (χ1n) is 10.2. The molecule has 4 nitrogen and oxygen atoms in total. The van der Waals surface area contributed by atoms with Crippen LogP contribution in [-0.2, 0) is 21.9 Å². The lowest BCUT2D eigenvalue weighted by molar-refractivity contribution is -0.138.